The van der Waals surface area contributed by atoms with E-state index in [1.165, 1.54) is 0 Å². The summed E-state index contributed by atoms with van der Waals surface area (Å²) in [5.74, 6) is -0.177. The fourth-order valence-corrected chi connectivity index (χ4v) is 5.71. The first-order chi connectivity index (χ1) is 16.9. The highest BCUT2D eigenvalue weighted by molar-refractivity contribution is 6.35. The number of rotatable bonds is 6. The summed E-state index contributed by atoms with van der Waals surface area (Å²) >= 11 is 12.6. The van der Waals surface area contributed by atoms with Crippen LogP contribution >= 0.6 is 23.2 Å². The fourth-order valence-electron chi connectivity index (χ4n) is 5.13. The Morgan fingerprint density at radius 3 is 2.66 bits per heavy atom. The number of benzene rings is 2. The van der Waals surface area contributed by atoms with Crippen molar-refractivity contribution in [2.45, 2.75) is 37.1 Å². The van der Waals surface area contributed by atoms with Gasteiger partial charge in [-0.15, -0.1) is 0 Å². The molecule has 0 unspecified atom stereocenters. The topological polar surface area (TPSA) is 68.4 Å². The normalized spacial score (nSPS) is 18.8. The minimum absolute atomic E-state index is 0.0306. The molecule has 1 aliphatic carbocycles. The molecule has 8 heteroatoms. The van der Waals surface area contributed by atoms with E-state index < -0.39 is 11.5 Å². The van der Waals surface area contributed by atoms with Crippen molar-refractivity contribution < 1.29 is 9.59 Å². The Kier molecular flexibility index (Phi) is 6.80. The molecular weight excluding hydrogens is 483 g/mol. The summed E-state index contributed by atoms with van der Waals surface area (Å²) in [4.78, 5) is 34.9. The number of likely N-dealkylation sites (N-methyl/N-ethyl adjacent to an activating group) is 1. The molecule has 3 aromatic rings. The van der Waals surface area contributed by atoms with Crippen molar-refractivity contribution in [3.8, 4) is 0 Å². The van der Waals surface area contributed by atoms with E-state index >= 15 is 0 Å². The third kappa shape index (κ3) is 4.92. The number of carbonyl (C=O) groups is 2. The lowest BCUT2D eigenvalue weighted by Crippen LogP contribution is -2.52. The molecule has 1 saturated carbocycles. The van der Waals surface area contributed by atoms with Crippen LogP contribution in [0.2, 0.25) is 10.0 Å². The number of aromatic amines is 1. The van der Waals surface area contributed by atoms with Crippen molar-refractivity contribution in [1.29, 1.82) is 0 Å². The molecule has 35 heavy (non-hydrogen) atoms. The first kappa shape index (κ1) is 24.2. The molecular formula is C27H30Cl2N4O2. The molecule has 2 N–H and O–H groups in total. The molecule has 6 nitrogen and oxygen atoms in total. The summed E-state index contributed by atoms with van der Waals surface area (Å²) in [5.41, 5.74) is 2.10. The molecule has 2 fully saturated rings. The Labute approximate surface area is 215 Å². The predicted octanol–water partition coefficient (Wildman–Crippen LogP) is 4.40. The summed E-state index contributed by atoms with van der Waals surface area (Å²) in [6.45, 7) is 3.13. The van der Waals surface area contributed by atoms with Gasteiger partial charge in [0.05, 0.1) is 5.41 Å². The zero-order chi connectivity index (χ0) is 24.6. The second-order valence-corrected chi connectivity index (χ2v) is 10.6. The monoisotopic (exact) mass is 512 g/mol. The van der Waals surface area contributed by atoms with Crippen LogP contribution in [0.4, 0.5) is 0 Å². The second kappa shape index (κ2) is 9.84. The van der Waals surface area contributed by atoms with E-state index in [0.29, 0.717) is 42.4 Å². The molecule has 1 aliphatic heterocycles. The van der Waals surface area contributed by atoms with Gasteiger partial charge < -0.3 is 20.1 Å². The smallest absolute Gasteiger partial charge is 0.245 e. The van der Waals surface area contributed by atoms with Crippen LogP contribution < -0.4 is 5.32 Å². The third-order valence-electron chi connectivity index (χ3n) is 7.36. The quantitative estimate of drug-likeness (QED) is 0.514. The molecule has 0 spiro atoms. The van der Waals surface area contributed by atoms with Gasteiger partial charge in [0.15, 0.2) is 0 Å². The van der Waals surface area contributed by atoms with Gasteiger partial charge in [0.1, 0.15) is 6.04 Å². The van der Waals surface area contributed by atoms with Gasteiger partial charge in [0.25, 0.3) is 0 Å². The number of amides is 2. The number of nitrogens with one attached hydrogen (secondary N) is 2. The molecule has 1 aromatic heterocycles. The van der Waals surface area contributed by atoms with Gasteiger partial charge >= 0.3 is 0 Å². The maximum absolute atomic E-state index is 13.8. The molecule has 2 aliphatic rings. The van der Waals surface area contributed by atoms with Crippen molar-refractivity contribution in [1.82, 2.24) is 20.1 Å². The van der Waals surface area contributed by atoms with Crippen molar-refractivity contribution in [2.24, 2.45) is 0 Å². The van der Waals surface area contributed by atoms with Gasteiger partial charge in [-0.05, 0) is 62.2 Å². The summed E-state index contributed by atoms with van der Waals surface area (Å²) in [6.07, 6.45) is 4.67. The number of hydrogen-bond acceptors (Lipinski definition) is 3. The van der Waals surface area contributed by atoms with Crippen molar-refractivity contribution in [3.63, 3.8) is 0 Å². The first-order valence-corrected chi connectivity index (χ1v) is 12.9. The molecule has 1 atom stereocenters. The maximum atomic E-state index is 13.8. The molecule has 0 bridgehead atoms. The number of H-pyrrole nitrogens is 1. The van der Waals surface area contributed by atoms with Gasteiger partial charge in [0, 0.05) is 53.2 Å². The van der Waals surface area contributed by atoms with Crippen LogP contribution in [0.15, 0.2) is 48.7 Å². The summed E-state index contributed by atoms with van der Waals surface area (Å²) in [5, 5.41) is 5.23. The molecule has 5 rings (SSSR count). The number of hydrogen-bond donors (Lipinski definition) is 2. The number of carbonyl (C=O) groups excluding carboxylic acids is 2. The Bertz CT molecular complexity index is 1250. The van der Waals surface area contributed by atoms with E-state index in [0.717, 1.165) is 41.5 Å². The molecule has 2 aromatic carbocycles. The number of fused-ring (bicyclic) bond motifs is 1. The van der Waals surface area contributed by atoms with Crippen LogP contribution in [0.5, 0.6) is 0 Å². The highest BCUT2D eigenvalue weighted by Gasteiger charge is 2.53. The zero-order valence-electron chi connectivity index (χ0n) is 19.8. The van der Waals surface area contributed by atoms with E-state index in [4.69, 9.17) is 23.2 Å². The lowest BCUT2D eigenvalue weighted by molar-refractivity contribution is -0.137. The average Bonchev–Trinajstić information content (AvgIpc) is 3.59. The largest absolute Gasteiger partial charge is 0.361 e. The second-order valence-electron chi connectivity index (χ2n) is 9.78. The number of halogens is 2. The molecule has 2 amide bonds. The van der Waals surface area contributed by atoms with Crippen molar-refractivity contribution >= 4 is 45.9 Å². The van der Waals surface area contributed by atoms with Gasteiger partial charge in [-0.25, -0.2) is 0 Å². The van der Waals surface area contributed by atoms with E-state index in [-0.39, 0.29) is 11.8 Å². The van der Waals surface area contributed by atoms with Gasteiger partial charge in [0.2, 0.25) is 11.8 Å². The van der Waals surface area contributed by atoms with Crippen molar-refractivity contribution in [2.75, 3.05) is 33.2 Å². The third-order valence-corrected chi connectivity index (χ3v) is 7.91. The summed E-state index contributed by atoms with van der Waals surface area (Å²) < 4.78 is 0. The Morgan fingerprint density at radius 2 is 1.89 bits per heavy atom. The SMILES string of the molecule is CN1CCCN(C(=O)[C@H](Cc2c[nH]c3ccccc23)NC(=O)C2(c3ccc(Cl)cc3Cl)CC2)CC1. The summed E-state index contributed by atoms with van der Waals surface area (Å²) in [7, 11) is 2.08. The van der Waals surface area contributed by atoms with Gasteiger partial charge in [-0.1, -0.05) is 47.5 Å². The average molecular weight is 513 g/mol. The highest BCUT2D eigenvalue weighted by atomic mass is 35.5. The zero-order valence-corrected chi connectivity index (χ0v) is 21.3. The fraction of sp³-hybridized carbons (Fsp3) is 0.407. The van der Waals surface area contributed by atoms with Crippen LogP contribution in [0, 0.1) is 0 Å². The summed E-state index contributed by atoms with van der Waals surface area (Å²) in [6, 6.07) is 12.6. The number of aromatic nitrogens is 1. The van der Waals surface area contributed by atoms with Crippen molar-refractivity contribution in [3.05, 3.63) is 69.8 Å². The Morgan fingerprint density at radius 1 is 1.09 bits per heavy atom. The minimum Gasteiger partial charge on any atom is -0.361 e. The van der Waals surface area contributed by atoms with Gasteiger partial charge in [-0.3, -0.25) is 9.59 Å². The highest BCUT2D eigenvalue weighted by Crippen LogP contribution is 2.51. The van der Waals surface area contributed by atoms with Crippen LogP contribution in [0.3, 0.4) is 0 Å². The maximum Gasteiger partial charge on any atom is 0.245 e. The molecule has 1 saturated heterocycles. The van der Waals surface area contributed by atoms with E-state index in [1.54, 1.807) is 12.1 Å². The Balaban J connectivity index is 1.42. The van der Waals surface area contributed by atoms with E-state index in [1.807, 2.05) is 41.4 Å². The van der Waals surface area contributed by atoms with Gasteiger partial charge in [-0.2, -0.15) is 0 Å². The van der Waals surface area contributed by atoms with Crippen LogP contribution in [0.1, 0.15) is 30.4 Å². The first-order valence-electron chi connectivity index (χ1n) is 12.2. The van der Waals surface area contributed by atoms with E-state index in [9.17, 15) is 9.59 Å². The van der Waals surface area contributed by atoms with Crippen LogP contribution in [-0.4, -0.2) is 65.9 Å². The lowest BCUT2D eigenvalue weighted by Gasteiger charge is -2.28. The number of nitrogens with zero attached hydrogens (tertiary/aromatic N) is 2. The van der Waals surface area contributed by atoms with Crippen LogP contribution in [-0.2, 0) is 21.4 Å². The van der Waals surface area contributed by atoms with Crippen LogP contribution in [0.25, 0.3) is 10.9 Å². The molecule has 0 radical (unpaired) electrons. The molecule has 184 valence electrons. The standard InChI is InChI=1S/C27H30Cl2N4O2/c1-32-11-4-12-33(14-13-32)25(34)24(15-18-17-30-23-6-3-2-5-20(18)23)31-26(35)27(9-10-27)21-8-7-19(28)16-22(21)29/h2-3,5-8,16-17,24,30H,4,9-15H2,1H3,(H,31,35)/t24-/m0/s1. The number of para-hydroxylation sites is 1. The predicted molar refractivity (Wildman–Crippen MR) is 140 cm³/mol. The minimum atomic E-state index is -0.709. The molecule has 2 heterocycles. The Hall–Kier alpha value is -2.54. The lowest BCUT2D eigenvalue weighted by atomic mass is 9.93. The van der Waals surface area contributed by atoms with E-state index in [2.05, 4.69) is 22.2 Å².